The van der Waals surface area contributed by atoms with E-state index in [0.29, 0.717) is 23.4 Å². The van der Waals surface area contributed by atoms with Crippen LogP contribution in [-0.2, 0) is 12.6 Å². The summed E-state index contributed by atoms with van der Waals surface area (Å²) >= 11 is 0. The molecule has 0 saturated heterocycles. The number of anilines is 1. The van der Waals surface area contributed by atoms with E-state index in [4.69, 9.17) is 0 Å². The summed E-state index contributed by atoms with van der Waals surface area (Å²) in [7, 11) is 0. The summed E-state index contributed by atoms with van der Waals surface area (Å²) in [5.74, 6) is -0.690. The largest absolute Gasteiger partial charge is 0.418 e. The van der Waals surface area contributed by atoms with Crippen LogP contribution in [0.1, 0.15) is 39.9 Å². The van der Waals surface area contributed by atoms with Crippen LogP contribution in [0.2, 0.25) is 0 Å². The molecule has 10 heteroatoms. The topological polar surface area (TPSA) is 92.7 Å². The number of amides is 1. The van der Waals surface area contributed by atoms with E-state index in [9.17, 15) is 22.8 Å². The van der Waals surface area contributed by atoms with Gasteiger partial charge in [0.15, 0.2) is 5.69 Å². The van der Waals surface area contributed by atoms with E-state index in [1.807, 2.05) is 6.92 Å². The molecular weight excluding hydrogens is 387 g/mol. The van der Waals surface area contributed by atoms with E-state index in [0.717, 1.165) is 12.1 Å². The molecule has 0 aliphatic rings. The zero-order valence-corrected chi connectivity index (χ0v) is 15.9. The Labute approximate surface area is 163 Å². The number of alkyl halides is 3. The first-order valence-corrected chi connectivity index (χ1v) is 8.76. The van der Waals surface area contributed by atoms with Crippen LogP contribution in [0.25, 0.3) is 5.95 Å². The highest BCUT2D eigenvalue weighted by Gasteiger charge is 2.33. The van der Waals surface area contributed by atoms with E-state index < -0.39 is 17.6 Å². The SMILES string of the molecule is CCc1c(C)nc(-n2nc(C(=O)Nc3ccccc3C(F)(F)F)cc2C)[nH]c1=O. The average molecular weight is 405 g/mol. The van der Waals surface area contributed by atoms with Crippen molar-refractivity contribution >= 4 is 11.6 Å². The van der Waals surface area contributed by atoms with Gasteiger partial charge in [0.2, 0.25) is 5.95 Å². The van der Waals surface area contributed by atoms with E-state index in [1.54, 1.807) is 13.8 Å². The summed E-state index contributed by atoms with van der Waals surface area (Å²) < 4.78 is 40.6. The fourth-order valence-electron chi connectivity index (χ4n) is 2.94. The molecule has 2 aromatic heterocycles. The fraction of sp³-hybridized carbons (Fsp3) is 0.263. The fourth-order valence-corrected chi connectivity index (χ4v) is 2.94. The molecule has 0 bridgehead atoms. The molecule has 3 aromatic rings. The van der Waals surface area contributed by atoms with Gasteiger partial charge in [-0.15, -0.1) is 0 Å². The molecule has 0 aliphatic carbocycles. The van der Waals surface area contributed by atoms with E-state index >= 15 is 0 Å². The number of aromatic amines is 1. The Bertz CT molecular complexity index is 1130. The lowest BCUT2D eigenvalue weighted by Crippen LogP contribution is -2.21. The minimum absolute atomic E-state index is 0.112. The Morgan fingerprint density at radius 3 is 2.55 bits per heavy atom. The highest BCUT2D eigenvalue weighted by molar-refractivity contribution is 6.03. The van der Waals surface area contributed by atoms with Crippen LogP contribution in [0.4, 0.5) is 18.9 Å². The number of benzene rings is 1. The second-order valence-electron chi connectivity index (χ2n) is 6.39. The zero-order valence-electron chi connectivity index (χ0n) is 15.9. The molecule has 0 fully saturated rings. The van der Waals surface area contributed by atoms with Crippen LogP contribution in [0.15, 0.2) is 35.1 Å². The molecule has 3 rings (SSSR count). The summed E-state index contributed by atoms with van der Waals surface area (Å²) in [6.07, 6.45) is -4.10. The van der Waals surface area contributed by atoms with E-state index in [1.165, 1.54) is 22.9 Å². The van der Waals surface area contributed by atoms with Crippen molar-refractivity contribution in [3.05, 3.63) is 68.9 Å². The van der Waals surface area contributed by atoms with Crippen LogP contribution in [0.3, 0.4) is 0 Å². The molecule has 0 spiro atoms. The van der Waals surface area contributed by atoms with Gasteiger partial charge in [-0.2, -0.15) is 18.3 Å². The van der Waals surface area contributed by atoms with Crippen LogP contribution in [0.5, 0.6) is 0 Å². The third-order valence-electron chi connectivity index (χ3n) is 4.36. The number of hydrogen-bond acceptors (Lipinski definition) is 4. The molecule has 152 valence electrons. The molecule has 7 nitrogen and oxygen atoms in total. The Balaban J connectivity index is 1.94. The first-order chi connectivity index (χ1) is 13.6. The minimum atomic E-state index is -4.61. The lowest BCUT2D eigenvalue weighted by molar-refractivity contribution is -0.136. The van der Waals surface area contributed by atoms with Crippen molar-refractivity contribution in [1.29, 1.82) is 0 Å². The molecule has 29 heavy (non-hydrogen) atoms. The Hall–Kier alpha value is -3.43. The predicted molar refractivity (Wildman–Crippen MR) is 100 cm³/mol. The molecule has 0 atom stereocenters. The van der Waals surface area contributed by atoms with Crippen molar-refractivity contribution in [3.63, 3.8) is 0 Å². The van der Waals surface area contributed by atoms with Gasteiger partial charge in [0.05, 0.1) is 11.3 Å². The normalized spacial score (nSPS) is 11.5. The van der Waals surface area contributed by atoms with Crippen molar-refractivity contribution in [3.8, 4) is 5.95 Å². The molecular formula is C19H18F3N5O2. The number of H-pyrrole nitrogens is 1. The van der Waals surface area contributed by atoms with Gasteiger partial charge in [0, 0.05) is 17.0 Å². The second kappa shape index (κ2) is 7.53. The van der Waals surface area contributed by atoms with Gasteiger partial charge in [-0.3, -0.25) is 14.6 Å². The molecule has 0 radical (unpaired) electrons. The number of nitrogens with zero attached hydrogens (tertiary/aromatic N) is 3. The monoisotopic (exact) mass is 405 g/mol. The van der Waals surface area contributed by atoms with Crippen molar-refractivity contribution in [2.45, 2.75) is 33.4 Å². The first-order valence-electron chi connectivity index (χ1n) is 8.76. The summed E-state index contributed by atoms with van der Waals surface area (Å²) in [6.45, 7) is 5.16. The first kappa shape index (κ1) is 20.3. The number of aromatic nitrogens is 4. The molecule has 1 aromatic carbocycles. The Kier molecular flexibility index (Phi) is 5.27. The number of carbonyl (C=O) groups excluding carboxylic acids is 1. The van der Waals surface area contributed by atoms with Gasteiger partial charge in [0.1, 0.15) is 0 Å². The summed E-state index contributed by atoms with van der Waals surface area (Å²) in [5, 5.41) is 6.34. The van der Waals surface area contributed by atoms with Crippen molar-refractivity contribution in [1.82, 2.24) is 19.7 Å². The van der Waals surface area contributed by atoms with Gasteiger partial charge in [-0.05, 0) is 38.5 Å². The Morgan fingerprint density at radius 1 is 1.24 bits per heavy atom. The number of nitrogens with one attached hydrogen (secondary N) is 2. The zero-order chi connectivity index (χ0) is 21.3. The van der Waals surface area contributed by atoms with Crippen molar-refractivity contribution in [2.75, 3.05) is 5.32 Å². The molecule has 1 amide bonds. The van der Waals surface area contributed by atoms with Crippen LogP contribution >= 0.6 is 0 Å². The number of hydrogen-bond donors (Lipinski definition) is 2. The number of carbonyl (C=O) groups is 1. The third kappa shape index (κ3) is 4.05. The summed E-state index contributed by atoms with van der Waals surface area (Å²) in [4.78, 5) is 31.6. The average Bonchev–Trinajstić information content (AvgIpc) is 3.03. The van der Waals surface area contributed by atoms with Gasteiger partial charge in [-0.25, -0.2) is 9.67 Å². The smallest absolute Gasteiger partial charge is 0.320 e. The molecule has 0 aliphatic heterocycles. The minimum Gasteiger partial charge on any atom is -0.320 e. The molecule has 2 N–H and O–H groups in total. The lowest BCUT2D eigenvalue weighted by Gasteiger charge is -2.12. The Morgan fingerprint density at radius 2 is 1.93 bits per heavy atom. The number of para-hydroxylation sites is 1. The van der Waals surface area contributed by atoms with Crippen LogP contribution < -0.4 is 10.9 Å². The van der Waals surface area contributed by atoms with Gasteiger partial charge < -0.3 is 5.32 Å². The van der Waals surface area contributed by atoms with Crippen molar-refractivity contribution in [2.24, 2.45) is 0 Å². The summed E-state index contributed by atoms with van der Waals surface area (Å²) in [5.41, 5.74) is -0.194. The van der Waals surface area contributed by atoms with Crippen LogP contribution in [-0.4, -0.2) is 25.7 Å². The van der Waals surface area contributed by atoms with Gasteiger partial charge in [0.25, 0.3) is 11.5 Å². The molecule has 0 unspecified atom stereocenters. The predicted octanol–water partition coefficient (Wildman–Crippen LogP) is 3.41. The number of aryl methyl sites for hydroxylation is 2. The van der Waals surface area contributed by atoms with Gasteiger partial charge in [-0.1, -0.05) is 19.1 Å². The second-order valence-corrected chi connectivity index (χ2v) is 6.39. The highest BCUT2D eigenvalue weighted by Crippen LogP contribution is 2.34. The maximum absolute atomic E-state index is 13.1. The van der Waals surface area contributed by atoms with Crippen LogP contribution in [0, 0.1) is 13.8 Å². The quantitative estimate of drug-likeness (QED) is 0.696. The maximum Gasteiger partial charge on any atom is 0.418 e. The summed E-state index contributed by atoms with van der Waals surface area (Å²) in [6, 6.07) is 6.07. The number of halogens is 3. The van der Waals surface area contributed by atoms with E-state index in [-0.39, 0.29) is 22.9 Å². The van der Waals surface area contributed by atoms with Gasteiger partial charge >= 0.3 is 6.18 Å². The molecule has 2 heterocycles. The number of rotatable bonds is 4. The van der Waals surface area contributed by atoms with E-state index in [2.05, 4.69) is 20.4 Å². The lowest BCUT2D eigenvalue weighted by atomic mass is 10.1. The molecule has 0 saturated carbocycles. The highest BCUT2D eigenvalue weighted by atomic mass is 19.4. The third-order valence-corrected chi connectivity index (χ3v) is 4.36. The van der Waals surface area contributed by atoms with Crippen molar-refractivity contribution < 1.29 is 18.0 Å². The standard InChI is InChI=1S/C19H18F3N5O2/c1-4-12-11(3)23-18(25-16(12)28)27-10(2)9-15(26-27)17(29)24-14-8-6-5-7-13(14)19(20,21)22/h5-9H,4H2,1-3H3,(H,24,29)(H,23,25,28). The maximum atomic E-state index is 13.1.